The smallest absolute Gasteiger partial charge is 0.0980 e. The lowest BCUT2D eigenvalue weighted by Gasteiger charge is -2.38. The Hall–Kier alpha value is -0.860. The fourth-order valence-corrected chi connectivity index (χ4v) is 2.48. The van der Waals surface area contributed by atoms with Gasteiger partial charge in [-0.2, -0.15) is 0 Å². The Morgan fingerprint density at radius 3 is 3.13 bits per heavy atom. The van der Waals surface area contributed by atoms with E-state index in [1.165, 1.54) is 17.6 Å². The first-order valence-corrected chi connectivity index (χ1v) is 5.70. The molecule has 2 rings (SSSR count). The molecule has 0 aromatic heterocycles. The summed E-state index contributed by atoms with van der Waals surface area (Å²) in [6.45, 7) is 7.75. The minimum atomic E-state index is 0.219. The zero-order valence-electron chi connectivity index (χ0n) is 9.33. The van der Waals surface area contributed by atoms with Crippen LogP contribution in [0.3, 0.4) is 0 Å². The predicted octanol–water partition coefficient (Wildman–Crippen LogP) is 2.20. The topological polar surface area (TPSA) is 21.3 Å². The largest absolute Gasteiger partial charge is 0.371 e. The number of hydrogen-bond donors (Lipinski definition) is 1. The van der Waals surface area contributed by atoms with Crippen molar-refractivity contribution in [2.45, 2.75) is 31.9 Å². The molecule has 2 atom stereocenters. The molecule has 0 saturated carbocycles. The lowest BCUT2D eigenvalue weighted by atomic mass is 9.84. The molecule has 1 saturated heterocycles. The summed E-state index contributed by atoms with van der Waals surface area (Å²) in [6.07, 6.45) is 8.75. The van der Waals surface area contributed by atoms with Crippen molar-refractivity contribution in [3.8, 4) is 0 Å². The van der Waals surface area contributed by atoms with Crippen molar-refractivity contribution < 1.29 is 4.74 Å². The highest BCUT2D eigenvalue weighted by molar-refractivity contribution is 5.38. The van der Waals surface area contributed by atoms with Gasteiger partial charge in [-0.1, -0.05) is 24.8 Å². The van der Waals surface area contributed by atoms with Crippen LogP contribution in [-0.2, 0) is 4.74 Å². The van der Waals surface area contributed by atoms with E-state index in [1.54, 1.807) is 0 Å². The molecular formula is C13H19NO. The molecule has 0 bridgehead atoms. The molecule has 0 spiro atoms. The van der Waals surface area contributed by atoms with Crippen LogP contribution in [0.1, 0.15) is 19.8 Å². The number of fused-ring (bicyclic) bond motifs is 1. The lowest BCUT2D eigenvalue weighted by Crippen LogP contribution is -2.50. The van der Waals surface area contributed by atoms with E-state index in [9.17, 15) is 0 Å². The molecule has 82 valence electrons. The van der Waals surface area contributed by atoms with Crippen molar-refractivity contribution >= 4 is 0 Å². The second-order valence-corrected chi connectivity index (χ2v) is 4.08. The summed E-state index contributed by atoms with van der Waals surface area (Å²) in [5, 5.41) is 3.52. The molecule has 0 radical (unpaired) electrons. The number of rotatable bonds is 2. The Labute approximate surface area is 91.7 Å². The van der Waals surface area contributed by atoms with Crippen molar-refractivity contribution in [1.82, 2.24) is 5.32 Å². The molecule has 0 amide bonds. The molecule has 0 aromatic rings. The first-order chi connectivity index (χ1) is 7.36. The van der Waals surface area contributed by atoms with Crippen molar-refractivity contribution in [2.75, 3.05) is 13.2 Å². The third-order valence-corrected chi connectivity index (χ3v) is 3.16. The van der Waals surface area contributed by atoms with E-state index in [0.717, 1.165) is 19.6 Å². The molecular weight excluding hydrogens is 186 g/mol. The monoisotopic (exact) mass is 205 g/mol. The first-order valence-electron chi connectivity index (χ1n) is 5.70. The van der Waals surface area contributed by atoms with E-state index in [-0.39, 0.29) is 6.10 Å². The summed E-state index contributed by atoms with van der Waals surface area (Å²) in [4.78, 5) is 0. The Balaban J connectivity index is 2.28. The van der Waals surface area contributed by atoms with E-state index in [0.29, 0.717) is 6.04 Å². The molecule has 15 heavy (non-hydrogen) atoms. The average molecular weight is 205 g/mol. The normalized spacial score (nSPS) is 31.8. The van der Waals surface area contributed by atoms with Crippen LogP contribution in [0.4, 0.5) is 0 Å². The lowest BCUT2D eigenvalue weighted by molar-refractivity contribution is 0.0144. The average Bonchev–Trinajstić information content (AvgIpc) is 2.29. The van der Waals surface area contributed by atoms with Crippen molar-refractivity contribution in [3.63, 3.8) is 0 Å². The number of nitrogens with one attached hydrogen (secondary N) is 1. The number of hydrogen-bond acceptors (Lipinski definition) is 2. The van der Waals surface area contributed by atoms with Crippen LogP contribution in [0.25, 0.3) is 0 Å². The highest BCUT2D eigenvalue weighted by Gasteiger charge is 2.32. The van der Waals surface area contributed by atoms with Crippen LogP contribution in [0.15, 0.2) is 36.0 Å². The summed E-state index contributed by atoms with van der Waals surface area (Å²) in [5.41, 5.74) is 2.66. The number of morpholine rings is 1. The van der Waals surface area contributed by atoms with Gasteiger partial charge < -0.3 is 10.1 Å². The SMILES string of the molecule is C=CC1=C(/C=C\C)CCC2NCCOC12. The van der Waals surface area contributed by atoms with Gasteiger partial charge in [0.05, 0.1) is 12.7 Å². The van der Waals surface area contributed by atoms with Gasteiger partial charge in [0.25, 0.3) is 0 Å². The summed E-state index contributed by atoms with van der Waals surface area (Å²) >= 11 is 0. The molecule has 1 heterocycles. The molecule has 2 nitrogen and oxygen atoms in total. The zero-order chi connectivity index (χ0) is 10.7. The predicted molar refractivity (Wildman–Crippen MR) is 62.8 cm³/mol. The van der Waals surface area contributed by atoms with Gasteiger partial charge in [0.2, 0.25) is 0 Å². The van der Waals surface area contributed by atoms with E-state index < -0.39 is 0 Å². The first kappa shape index (κ1) is 10.7. The maximum atomic E-state index is 5.84. The third-order valence-electron chi connectivity index (χ3n) is 3.16. The van der Waals surface area contributed by atoms with E-state index in [1.807, 2.05) is 6.08 Å². The minimum absolute atomic E-state index is 0.219. The number of allylic oxidation sites excluding steroid dienone is 3. The Morgan fingerprint density at radius 1 is 1.53 bits per heavy atom. The molecule has 1 N–H and O–H groups in total. The van der Waals surface area contributed by atoms with Gasteiger partial charge in [0.1, 0.15) is 0 Å². The van der Waals surface area contributed by atoms with Gasteiger partial charge in [0.15, 0.2) is 0 Å². The fraction of sp³-hybridized carbons (Fsp3) is 0.538. The van der Waals surface area contributed by atoms with Crippen molar-refractivity contribution in [2.24, 2.45) is 0 Å². The second kappa shape index (κ2) is 4.77. The number of ether oxygens (including phenoxy) is 1. The quantitative estimate of drug-likeness (QED) is 0.746. The zero-order valence-corrected chi connectivity index (χ0v) is 9.33. The Kier molecular flexibility index (Phi) is 3.39. The third kappa shape index (κ3) is 2.06. The van der Waals surface area contributed by atoms with Gasteiger partial charge in [-0.3, -0.25) is 0 Å². The molecule has 1 aliphatic heterocycles. The standard InChI is InChI=1S/C13H19NO/c1-3-5-10-6-7-12-13(11(10)4-2)15-9-8-14-12/h3-5,12-14H,2,6-9H2,1H3/b5-3-. The van der Waals surface area contributed by atoms with Crippen molar-refractivity contribution in [3.05, 3.63) is 36.0 Å². The van der Waals surface area contributed by atoms with Crippen LogP contribution in [0.2, 0.25) is 0 Å². The van der Waals surface area contributed by atoms with E-state index in [2.05, 4.69) is 31.0 Å². The summed E-state index contributed by atoms with van der Waals surface area (Å²) < 4.78 is 5.84. The summed E-state index contributed by atoms with van der Waals surface area (Å²) in [6, 6.07) is 0.487. The van der Waals surface area contributed by atoms with E-state index >= 15 is 0 Å². The van der Waals surface area contributed by atoms with Gasteiger partial charge in [-0.15, -0.1) is 0 Å². The summed E-state index contributed by atoms with van der Waals surface area (Å²) in [7, 11) is 0. The van der Waals surface area contributed by atoms with Crippen molar-refractivity contribution in [1.29, 1.82) is 0 Å². The molecule has 2 aliphatic rings. The Bertz CT molecular complexity index is 304. The van der Waals surface area contributed by atoms with Crippen LogP contribution < -0.4 is 5.32 Å². The van der Waals surface area contributed by atoms with Gasteiger partial charge in [-0.25, -0.2) is 0 Å². The molecule has 0 aromatic carbocycles. The highest BCUT2D eigenvalue weighted by Crippen LogP contribution is 2.30. The highest BCUT2D eigenvalue weighted by atomic mass is 16.5. The van der Waals surface area contributed by atoms with Crippen LogP contribution in [-0.4, -0.2) is 25.3 Å². The maximum absolute atomic E-state index is 5.84. The van der Waals surface area contributed by atoms with E-state index in [4.69, 9.17) is 4.74 Å². The molecule has 1 aliphatic carbocycles. The van der Waals surface area contributed by atoms with Crippen LogP contribution >= 0.6 is 0 Å². The van der Waals surface area contributed by atoms with Crippen LogP contribution in [0, 0.1) is 0 Å². The Morgan fingerprint density at radius 2 is 2.40 bits per heavy atom. The minimum Gasteiger partial charge on any atom is -0.371 e. The maximum Gasteiger partial charge on any atom is 0.0980 e. The van der Waals surface area contributed by atoms with Crippen LogP contribution in [0.5, 0.6) is 0 Å². The van der Waals surface area contributed by atoms with Gasteiger partial charge in [-0.05, 0) is 30.9 Å². The molecule has 2 unspecified atom stereocenters. The van der Waals surface area contributed by atoms with Gasteiger partial charge >= 0.3 is 0 Å². The molecule has 1 fully saturated rings. The summed E-state index contributed by atoms with van der Waals surface area (Å²) in [5.74, 6) is 0. The fourth-order valence-electron chi connectivity index (χ4n) is 2.48. The second-order valence-electron chi connectivity index (χ2n) is 4.08. The molecule has 2 heteroatoms. The van der Waals surface area contributed by atoms with Gasteiger partial charge in [0, 0.05) is 12.6 Å².